The number of para-hydroxylation sites is 1. The molecule has 1 atom stereocenters. The molecule has 0 bridgehead atoms. The third-order valence-corrected chi connectivity index (χ3v) is 3.53. The fourth-order valence-electron chi connectivity index (χ4n) is 1.78. The van der Waals surface area contributed by atoms with Crippen LogP contribution in [0.5, 0.6) is 5.75 Å². The van der Waals surface area contributed by atoms with E-state index in [-0.39, 0.29) is 15.9 Å². The maximum Gasteiger partial charge on any atom is 0.140 e. The Hall–Kier alpha value is -2.14. The van der Waals surface area contributed by atoms with E-state index in [4.69, 9.17) is 27.9 Å². The molecule has 1 heterocycles. The fourth-order valence-corrected chi connectivity index (χ4v) is 2.31. The largest absolute Gasteiger partial charge is 0.465 e. The smallest absolute Gasteiger partial charge is 0.140 e. The molecule has 0 amide bonds. The van der Waals surface area contributed by atoms with E-state index in [1.165, 1.54) is 18.7 Å². The normalized spacial score (nSPS) is 13.1. The number of allylic oxidation sites excluding steroid dienone is 2. The third kappa shape index (κ3) is 4.66. The second kappa shape index (κ2) is 8.48. The van der Waals surface area contributed by atoms with E-state index < -0.39 is 6.10 Å². The van der Waals surface area contributed by atoms with Gasteiger partial charge >= 0.3 is 0 Å². The first-order chi connectivity index (χ1) is 11.1. The second-order valence-corrected chi connectivity index (χ2v) is 5.12. The zero-order valence-corrected chi connectivity index (χ0v) is 13.6. The average Bonchev–Trinajstić information content (AvgIpc) is 2.55. The van der Waals surface area contributed by atoms with Crippen molar-refractivity contribution in [1.29, 1.82) is 0 Å². The first-order valence-electron chi connectivity index (χ1n) is 6.68. The predicted octanol–water partition coefficient (Wildman–Crippen LogP) is 4.52. The highest BCUT2D eigenvalue weighted by molar-refractivity contribution is 6.34. The van der Waals surface area contributed by atoms with E-state index in [0.29, 0.717) is 11.3 Å². The van der Waals surface area contributed by atoms with Crippen molar-refractivity contribution in [2.45, 2.75) is 6.10 Å². The van der Waals surface area contributed by atoms with Crippen LogP contribution in [-0.2, 0) is 0 Å². The minimum absolute atomic E-state index is 0.0924. The van der Waals surface area contributed by atoms with Crippen molar-refractivity contribution >= 4 is 23.2 Å². The van der Waals surface area contributed by atoms with Crippen molar-refractivity contribution in [1.82, 2.24) is 9.97 Å². The van der Waals surface area contributed by atoms with Gasteiger partial charge in [-0.25, -0.2) is 9.97 Å². The zero-order chi connectivity index (χ0) is 16.7. The van der Waals surface area contributed by atoms with Crippen molar-refractivity contribution < 1.29 is 9.84 Å². The quantitative estimate of drug-likeness (QED) is 0.473. The van der Waals surface area contributed by atoms with Crippen molar-refractivity contribution in [3.8, 4) is 5.75 Å². The molecule has 1 aromatic carbocycles. The van der Waals surface area contributed by atoms with E-state index in [9.17, 15) is 5.11 Å². The van der Waals surface area contributed by atoms with Crippen LogP contribution in [0.15, 0.2) is 73.3 Å². The van der Waals surface area contributed by atoms with Gasteiger partial charge in [-0.05, 0) is 23.8 Å². The van der Waals surface area contributed by atoms with E-state index in [1.54, 1.807) is 12.2 Å². The number of benzene rings is 1. The van der Waals surface area contributed by atoms with Crippen molar-refractivity contribution in [2.75, 3.05) is 0 Å². The number of aromatic nitrogens is 2. The molecule has 118 valence electrons. The molecule has 0 spiro atoms. The minimum Gasteiger partial charge on any atom is -0.465 e. The van der Waals surface area contributed by atoms with Gasteiger partial charge in [0.1, 0.15) is 28.5 Å². The second-order valence-electron chi connectivity index (χ2n) is 4.40. The lowest BCUT2D eigenvalue weighted by atomic mass is 10.0. The Balaban J connectivity index is 2.13. The van der Waals surface area contributed by atoms with Gasteiger partial charge in [0.25, 0.3) is 0 Å². The fraction of sp³-hybridized carbons (Fsp3) is 0.0588. The Labute approximate surface area is 144 Å². The molecule has 1 unspecified atom stereocenters. The van der Waals surface area contributed by atoms with Gasteiger partial charge in [0.05, 0.1) is 11.8 Å². The van der Waals surface area contributed by atoms with Gasteiger partial charge in [-0.15, -0.1) is 0 Å². The molecule has 1 aromatic heterocycles. The van der Waals surface area contributed by atoms with Crippen LogP contribution in [0.1, 0.15) is 11.7 Å². The Bertz CT molecular complexity index is 710. The van der Waals surface area contributed by atoms with Crippen LogP contribution in [0.2, 0.25) is 10.3 Å². The number of aliphatic hydroxyl groups is 1. The maximum atomic E-state index is 10.4. The number of ether oxygens (including phenoxy) is 1. The highest BCUT2D eigenvalue weighted by Crippen LogP contribution is 2.31. The molecule has 0 fully saturated rings. The monoisotopic (exact) mass is 348 g/mol. The standard InChI is InChI=1S/C17H14Cl2N2O2/c1-2-12(7-6-10-23-13-8-4-3-5-9-13)15(22)14-16(18)20-11-21-17(14)19/h2-11,15,22H,1H2/b10-6+,12-7+. The molecule has 23 heavy (non-hydrogen) atoms. The van der Waals surface area contributed by atoms with Crippen LogP contribution in [0.3, 0.4) is 0 Å². The van der Waals surface area contributed by atoms with Crippen LogP contribution >= 0.6 is 23.2 Å². The van der Waals surface area contributed by atoms with Crippen LogP contribution < -0.4 is 4.74 Å². The molecule has 0 radical (unpaired) electrons. The maximum absolute atomic E-state index is 10.4. The van der Waals surface area contributed by atoms with Crippen LogP contribution in [0.4, 0.5) is 0 Å². The average molecular weight is 349 g/mol. The van der Waals surface area contributed by atoms with Crippen LogP contribution in [0, 0.1) is 0 Å². The molecule has 4 nitrogen and oxygen atoms in total. The summed E-state index contributed by atoms with van der Waals surface area (Å²) in [6.45, 7) is 3.67. The predicted molar refractivity (Wildman–Crippen MR) is 91.5 cm³/mol. The summed E-state index contributed by atoms with van der Waals surface area (Å²) in [5.74, 6) is 0.709. The van der Waals surface area contributed by atoms with Gasteiger partial charge in [0.15, 0.2) is 0 Å². The highest BCUT2D eigenvalue weighted by Gasteiger charge is 2.19. The van der Waals surface area contributed by atoms with Crippen molar-refractivity contribution in [2.24, 2.45) is 0 Å². The third-order valence-electron chi connectivity index (χ3n) is 2.93. The number of hydrogen-bond acceptors (Lipinski definition) is 4. The molecule has 0 saturated heterocycles. The topological polar surface area (TPSA) is 55.2 Å². The number of halogens is 2. The van der Waals surface area contributed by atoms with E-state index in [2.05, 4.69) is 16.5 Å². The summed E-state index contributed by atoms with van der Waals surface area (Å²) in [5.41, 5.74) is 0.718. The van der Waals surface area contributed by atoms with Gasteiger partial charge in [-0.3, -0.25) is 0 Å². The summed E-state index contributed by atoms with van der Waals surface area (Å²) < 4.78 is 5.42. The summed E-state index contributed by atoms with van der Waals surface area (Å²) in [5, 5.41) is 10.6. The van der Waals surface area contributed by atoms with Gasteiger partial charge in [-0.2, -0.15) is 0 Å². The summed E-state index contributed by atoms with van der Waals surface area (Å²) in [6, 6.07) is 9.31. The number of nitrogens with zero attached hydrogens (tertiary/aromatic N) is 2. The van der Waals surface area contributed by atoms with Gasteiger partial charge in [-0.1, -0.05) is 60.1 Å². The zero-order valence-electron chi connectivity index (χ0n) is 12.1. The number of aliphatic hydroxyl groups excluding tert-OH is 1. The van der Waals surface area contributed by atoms with Gasteiger partial charge in [0, 0.05) is 0 Å². The molecule has 2 aromatic rings. The lowest BCUT2D eigenvalue weighted by molar-refractivity contribution is 0.219. The van der Waals surface area contributed by atoms with E-state index in [0.717, 1.165) is 0 Å². The number of rotatable bonds is 6. The Morgan fingerprint density at radius 2 is 1.83 bits per heavy atom. The molecule has 6 heteroatoms. The number of hydrogen-bond donors (Lipinski definition) is 1. The molecule has 2 rings (SSSR count). The Morgan fingerprint density at radius 3 is 2.43 bits per heavy atom. The lowest BCUT2D eigenvalue weighted by Gasteiger charge is -2.13. The van der Waals surface area contributed by atoms with E-state index in [1.807, 2.05) is 30.3 Å². The first-order valence-corrected chi connectivity index (χ1v) is 7.44. The minimum atomic E-state index is -1.09. The molecule has 0 aliphatic rings. The molecule has 0 aliphatic heterocycles. The van der Waals surface area contributed by atoms with Gasteiger partial charge < -0.3 is 9.84 Å². The highest BCUT2D eigenvalue weighted by atomic mass is 35.5. The van der Waals surface area contributed by atoms with E-state index >= 15 is 0 Å². The molecule has 0 saturated carbocycles. The first kappa shape index (κ1) is 17.2. The summed E-state index contributed by atoms with van der Waals surface area (Å²) in [7, 11) is 0. The molecular weight excluding hydrogens is 335 g/mol. The van der Waals surface area contributed by atoms with Crippen molar-refractivity contribution in [3.63, 3.8) is 0 Å². The SMILES string of the molecule is C=C/C(=C\C=C\Oc1ccccc1)C(O)c1c(Cl)ncnc1Cl. The van der Waals surface area contributed by atoms with Crippen LogP contribution in [0.25, 0.3) is 0 Å². The van der Waals surface area contributed by atoms with Crippen LogP contribution in [-0.4, -0.2) is 15.1 Å². The molecule has 0 aliphatic carbocycles. The van der Waals surface area contributed by atoms with Gasteiger partial charge in [0.2, 0.25) is 0 Å². The summed E-state index contributed by atoms with van der Waals surface area (Å²) >= 11 is 11.9. The summed E-state index contributed by atoms with van der Waals surface area (Å²) in [6.07, 6.45) is 6.41. The van der Waals surface area contributed by atoms with Crippen molar-refractivity contribution in [3.05, 3.63) is 89.2 Å². The lowest BCUT2D eigenvalue weighted by Crippen LogP contribution is -2.04. The Kier molecular flexibility index (Phi) is 6.35. The molecular formula is C17H14Cl2N2O2. The molecule has 1 N–H and O–H groups in total. The summed E-state index contributed by atoms with van der Waals surface area (Å²) in [4.78, 5) is 7.64. The Morgan fingerprint density at radius 1 is 1.17 bits per heavy atom.